The van der Waals surface area contributed by atoms with E-state index in [1.54, 1.807) is 13.0 Å². The minimum Gasteiger partial charge on any atom is -0.468 e. The van der Waals surface area contributed by atoms with Gasteiger partial charge in [0.1, 0.15) is 11.9 Å². The molecule has 16 heavy (non-hydrogen) atoms. The predicted octanol–water partition coefficient (Wildman–Crippen LogP) is 2.04. The van der Waals surface area contributed by atoms with Crippen LogP contribution in [0.25, 0.3) is 0 Å². The van der Waals surface area contributed by atoms with E-state index in [0.29, 0.717) is 0 Å². The minimum absolute atomic E-state index is 0.107. The van der Waals surface area contributed by atoms with Crippen LogP contribution in [0.3, 0.4) is 0 Å². The summed E-state index contributed by atoms with van der Waals surface area (Å²) >= 11 is 0. The Hall–Kier alpha value is -1.42. The van der Waals surface area contributed by atoms with Crippen molar-refractivity contribution in [1.29, 1.82) is 0 Å². The Morgan fingerprint density at radius 2 is 2.12 bits per heavy atom. The molecule has 1 N–H and O–H groups in total. The number of esters is 1. The van der Waals surface area contributed by atoms with Crippen molar-refractivity contribution in [3.8, 4) is 0 Å². The number of carbonyl (C=O) groups is 1. The van der Waals surface area contributed by atoms with E-state index in [0.717, 1.165) is 5.56 Å². The average molecular weight is 225 g/mol. The fourth-order valence-corrected chi connectivity index (χ4v) is 1.49. The van der Waals surface area contributed by atoms with Crippen LogP contribution >= 0.6 is 0 Å². The van der Waals surface area contributed by atoms with Gasteiger partial charge < -0.3 is 4.74 Å². The number of methoxy groups -OCH3 is 1. The number of rotatable bonds is 4. The molecule has 1 unspecified atom stereocenters. The van der Waals surface area contributed by atoms with Crippen molar-refractivity contribution < 1.29 is 13.9 Å². The standard InChI is InChI=1S/C12H16FNO2/c1-8(14-9(2)12(15)16-3)10-5-4-6-11(13)7-10/h4-9,14H,1-3H3/t8?,9-/m0/s1. The van der Waals surface area contributed by atoms with Crippen molar-refractivity contribution in [2.75, 3.05) is 7.11 Å². The lowest BCUT2D eigenvalue weighted by Crippen LogP contribution is -2.36. The smallest absolute Gasteiger partial charge is 0.322 e. The third kappa shape index (κ3) is 3.31. The quantitative estimate of drug-likeness (QED) is 0.797. The highest BCUT2D eigenvalue weighted by Gasteiger charge is 2.16. The SMILES string of the molecule is COC(=O)[C@H](C)NC(C)c1cccc(F)c1. The summed E-state index contributed by atoms with van der Waals surface area (Å²) in [5.41, 5.74) is 0.802. The summed E-state index contributed by atoms with van der Waals surface area (Å²) in [6.07, 6.45) is 0. The molecule has 0 aliphatic rings. The van der Waals surface area contributed by atoms with Crippen molar-refractivity contribution >= 4 is 5.97 Å². The van der Waals surface area contributed by atoms with Gasteiger partial charge in [-0.25, -0.2) is 4.39 Å². The highest BCUT2D eigenvalue weighted by Crippen LogP contribution is 2.14. The number of hydrogen-bond acceptors (Lipinski definition) is 3. The van der Waals surface area contributed by atoms with Crippen LogP contribution in [0.2, 0.25) is 0 Å². The van der Waals surface area contributed by atoms with Crippen LogP contribution in [-0.2, 0) is 9.53 Å². The third-order valence-corrected chi connectivity index (χ3v) is 2.40. The molecule has 0 bridgehead atoms. The molecule has 1 rings (SSSR count). The van der Waals surface area contributed by atoms with Gasteiger partial charge in [-0.1, -0.05) is 12.1 Å². The fourth-order valence-electron chi connectivity index (χ4n) is 1.49. The van der Waals surface area contributed by atoms with E-state index in [-0.39, 0.29) is 17.8 Å². The maximum absolute atomic E-state index is 13.0. The Labute approximate surface area is 94.6 Å². The Bertz CT molecular complexity index is 368. The number of carbonyl (C=O) groups excluding carboxylic acids is 1. The second kappa shape index (κ2) is 5.61. The van der Waals surface area contributed by atoms with Crippen LogP contribution in [0.4, 0.5) is 4.39 Å². The van der Waals surface area contributed by atoms with Crippen molar-refractivity contribution in [3.05, 3.63) is 35.6 Å². The number of nitrogens with one attached hydrogen (secondary N) is 1. The van der Waals surface area contributed by atoms with Gasteiger partial charge in [-0.3, -0.25) is 10.1 Å². The Balaban J connectivity index is 2.65. The lowest BCUT2D eigenvalue weighted by Gasteiger charge is -2.18. The number of hydrogen-bond donors (Lipinski definition) is 1. The Kier molecular flexibility index (Phi) is 4.43. The predicted molar refractivity (Wildman–Crippen MR) is 59.4 cm³/mol. The van der Waals surface area contributed by atoms with Crippen LogP contribution in [-0.4, -0.2) is 19.1 Å². The van der Waals surface area contributed by atoms with Crippen LogP contribution in [0.5, 0.6) is 0 Å². The molecule has 3 nitrogen and oxygen atoms in total. The molecule has 0 saturated heterocycles. The van der Waals surface area contributed by atoms with Gasteiger partial charge in [0, 0.05) is 6.04 Å². The first-order valence-electron chi connectivity index (χ1n) is 5.14. The minimum atomic E-state index is -0.414. The van der Waals surface area contributed by atoms with Gasteiger partial charge in [0.2, 0.25) is 0 Å². The van der Waals surface area contributed by atoms with E-state index in [4.69, 9.17) is 0 Å². The van der Waals surface area contributed by atoms with Crippen LogP contribution in [0.15, 0.2) is 24.3 Å². The first-order valence-corrected chi connectivity index (χ1v) is 5.14. The van der Waals surface area contributed by atoms with Crippen LogP contribution in [0, 0.1) is 5.82 Å². The van der Waals surface area contributed by atoms with Crippen molar-refractivity contribution in [2.45, 2.75) is 25.9 Å². The van der Waals surface area contributed by atoms with Crippen LogP contribution < -0.4 is 5.32 Å². The maximum Gasteiger partial charge on any atom is 0.322 e. The molecule has 1 aromatic carbocycles. The summed E-state index contributed by atoms with van der Waals surface area (Å²) in [6.45, 7) is 3.58. The average Bonchev–Trinajstić information content (AvgIpc) is 2.27. The van der Waals surface area contributed by atoms with E-state index < -0.39 is 6.04 Å². The molecule has 0 aliphatic heterocycles. The Morgan fingerprint density at radius 1 is 1.44 bits per heavy atom. The van der Waals surface area contributed by atoms with Crippen LogP contribution in [0.1, 0.15) is 25.5 Å². The molecule has 0 fully saturated rings. The first kappa shape index (κ1) is 12.6. The zero-order valence-corrected chi connectivity index (χ0v) is 9.66. The van der Waals surface area contributed by atoms with Gasteiger partial charge in [0.05, 0.1) is 7.11 Å². The molecule has 0 saturated carbocycles. The molecule has 88 valence electrons. The second-order valence-corrected chi connectivity index (χ2v) is 3.69. The summed E-state index contributed by atoms with van der Waals surface area (Å²) in [5, 5.41) is 3.03. The summed E-state index contributed by atoms with van der Waals surface area (Å²) in [7, 11) is 1.34. The number of halogens is 1. The van der Waals surface area contributed by atoms with Gasteiger partial charge in [0.25, 0.3) is 0 Å². The van der Waals surface area contributed by atoms with Crippen molar-refractivity contribution in [1.82, 2.24) is 5.32 Å². The zero-order chi connectivity index (χ0) is 12.1. The van der Waals surface area contributed by atoms with Gasteiger partial charge in [0.15, 0.2) is 0 Å². The zero-order valence-electron chi connectivity index (χ0n) is 9.66. The first-order chi connectivity index (χ1) is 7.54. The number of benzene rings is 1. The molecule has 0 spiro atoms. The highest BCUT2D eigenvalue weighted by atomic mass is 19.1. The van der Waals surface area contributed by atoms with E-state index >= 15 is 0 Å². The molecular weight excluding hydrogens is 209 g/mol. The van der Waals surface area contributed by atoms with Crippen molar-refractivity contribution in [3.63, 3.8) is 0 Å². The largest absolute Gasteiger partial charge is 0.468 e. The summed E-state index contributed by atoms with van der Waals surface area (Å²) in [4.78, 5) is 11.2. The molecule has 0 aliphatic carbocycles. The monoisotopic (exact) mass is 225 g/mol. The third-order valence-electron chi connectivity index (χ3n) is 2.40. The van der Waals surface area contributed by atoms with Crippen molar-refractivity contribution in [2.24, 2.45) is 0 Å². The molecule has 2 atom stereocenters. The van der Waals surface area contributed by atoms with E-state index in [2.05, 4.69) is 10.1 Å². The van der Waals surface area contributed by atoms with E-state index in [1.165, 1.54) is 19.2 Å². The van der Waals surface area contributed by atoms with Gasteiger partial charge >= 0.3 is 5.97 Å². The highest BCUT2D eigenvalue weighted by molar-refractivity contribution is 5.75. The second-order valence-electron chi connectivity index (χ2n) is 3.69. The Morgan fingerprint density at radius 3 is 2.69 bits per heavy atom. The van der Waals surface area contributed by atoms with Gasteiger partial charge in [-0.2, -0.15) is 0 Å². The molecule has 1 aromatic rings. The lowest BCUT2D eigenvalue weighted by atomic mass is 10.1. The van der Waals surface area contributed by atoms with E-state index in [1.807, 2.05) is 13.0 Å². The van der Waals surface area contributed by atoms with Gasteiger partial charge in [-0.15, -0.1) is 0 Å². The number of ether oxygens (including phenoxy) is 1. The maximum atomic E-state index is 13.0. The summed E-state index contributed by atoms with van der Waals surface area (Å²) in [5.74, 6) is -0.611. The molecule has 0 aromatic heterocycles. The fraction of sp³-hybridized carbons (Fsp3) is 0.417. The normalized spacial score (nSPS) is 14.2. The topological polar surface area (TPSA) is 38.3 Å². The molecule has 4 heteroatoms. The molecule has 0 heterocycles. The van der Waals surface area contributed by atoms with E-state index in [9.17, 15) is 9.18 Å². The lowest BCUT2D eigenvalue weighted by molar-refractivity contribution is -0.142. The summed E-state index contributed by atoms with van der Waals surface area (Å²) in [6, 6.07) is 5.77. The summed E-state index contributed by atoms with van der Waals surface area (Å²) < 4.78 is 17.6. The van der Waals surface area contributed by atoms with Gasteiger partial charge in [-0.05, 0) is 31.5 Å². The molecular formula is C12H16FNO2. The molecule has 0 amide bonds. The molecule has 0 radical (unpaired) electrons.